The Morgan fingerprint density at radius 2 is 2.09 bits per heavy atom. The Labute approximate surface area is 185 Å². The molecule has 168 valence electrons. The third-order valence-corrected chi connectivity index (χ3v) is 5.46. The maximum Gasteiger partial charge on any atom is 0.455 e. The van der Waals surface area contributed by atoms with Gasteiger partial charge in [-0.25, -0.2) is 4.98 Å². The second-order valence-electron chi connectivity index (χ2n) is 7.40. The summed E-state index contributed by atoms with van der Waals surface area (Å²) in [6.07, 6.45) is -0.330. The van der Waals surface area contributed by atoms with Crippen molar-refractivity contribution < 1.29 is 27.2 Å². The lowest BCUT2D eigenvalue weighted by molar-refractivity contribution is -0.146. The molecule has 1 saturated carbocycles. The molecule has 1 N–H and O–H groups in total. The summed E-state index contributed by atoms with van der Waals surface area (Å²) >= 11 is 6.13. The molecule has 0 atom stereocenters. The molecule has 7 nitrogen and oxygen atoms in total. The number of rotatable bonds is 6. The van der Waals surface area contributed by atoms with Gasteiger partial charge in [0.15, 0.2) is 0 Å². The summed E-state index contributed by atoms with van der Waals surface area (Å²) in [5.41, 5.74) is 2.44. The Bertz CT molecular complexity index is 1150. The van der Waals surface area contributed by atoms with Crippen molar-refractivity contribution in [3.63, 3.8) is 0 Å². The van der Waals surface area contributed by atoms with Crippen molar-refractivity contribution in [3.8, 4) is 17.0 Å². The van der Waals surface area contributed by atoms with Crippen LogP contribution in [-0.2, 0) is 12.7 Å². The summed E-state index contributed by atoms with van der Waals surface area (Å²) in [6.45, 7) is 1.50. The number of aromatic nitrogens is 3. The molecule has 1 amide bonds. The molecule has 0 saturated heterocycles. The molecule has 0 unspecified atom stereocenters. The summed E-state index contributed by atoms with van der Waals surface area (Å²) in [7, 11) is 0. The zero-order valence-electron chi connectivity index (χ0n) is 16.9. The minimum absolute atomic E-state index is 0.0784. The number of hydrogen-bond acceptors (Lipinski definition) is 6. The van der Waals surface area contributed by atoms with E-state index in [1.165, 1.54) is 6.20 Å². The van der Waals surface area contributed by atoms with E-state index in [4.69, 9.17) is 16.3 Å². The van der Waals surface area contributed by atoms with Gasteiger partial charge in [0.25, 0.3) is 11.7 Å². The van der Waals surface area contributed by atoms with Gasteiger partial charge in [-0.3, -0.25) is 4.79 Å². The molecule has 0 aliphatic heterocycles. The van der Waals surface area contributed by atoms with Crippen LogP contribution in [-0.4, -0.2) is 27.1 Å². The van der Waals surface area contributed by atoms with E-state index in [0.717, 1.165) is 30.4 Å². The molecule has 11 heteroatoms. The van der Waals surface area contributed by atoms with E-state index in [2.05, 4.69) is 25.0 Å². The third-order valence-electron chi connectivity index (χ3n) is 5.03. The number of benzene rings is 1. The maximum absolute atomic E-state index is 12.6. The van der Waals surface area contributed by atoms with Crippen LogP contribution in [0.15, 0.2) is 35.0 Å². The van der Waals surface area contributed by atoms with Crippen molar-refractivity contribution in [2.75, 3.05) is 0 Å². The molecule has 1 aliphatic carbocycles. The second-order valence-corrected chi connectivity index (χ2v) is 7.81. The topological polar surface area (TPSA) is 90.1 Å². The van der Waals surface area contributed by atoms with Gasteiger partial charge in [-0.05, 0) is 55.5 Å². The highest BCUT2D eigenvalue weighted by Gasteiger charge is 2.37. The number of nitrogens with zero attached hydrogens (tertiary/aromatic N) is 3. The number of ether oxygens (including phenoxy) is 1. The molecule has 1 fully saturated rings. The lowest BCUT2D eigenvalue weighted by Crippen LogP contribution is -2.26. The van der Waals surface area contributed by atoms with Crippen LogP contribution in [0.2, 0.25) is 5.02 Å². The van der Waals surface area contributed by atoms with E-state index < -0.39 is 17.9 Å². The number of halogens is 4. The average molecular weight is 467 g/mol. The number of alkyl halides is 3. The fraction of sp³-hybridized carbons (Fsp3) is 0.333. The third kappa shape index (κ3) is 4.85. The summed E-state index contributed by atoms with van der Waals surface area (Å²) in [6, 6.07) is 7.04. The number of carbonyl (C=O) groups excluding carboxylic acids is 1. The van der Waals surface area contributed by atoms with E-state index in [1.807, 2.05) is 13.0 Å². The second kappa shape index (κ2) is 8.78. The predicted octanol–water partition coefficient (Wildman–Crippen LogP) is 4.97. The Balaban J connectivity index is 1.56. The van der Waals surface area contributed by atoms with Crippen LogP contribution >= 0.6 is 11.6 Å². The van der Waals surface area contributed by atoms with Crippen molar-refractivity contribution in [2.24, 2.45) is 0 Å². The minimum Gasteiger partial charge on any atom is -0.474 e. The van der Waals surface area contributed by atoms with Crippen molar-refractivity contribution in [1.82, 2.24) is 20.4 Å². The lowest BCUT2D eigenvalue weighted by atomic mass is 9.96. The molecular weight excluding hydrogens is 449 g/mol. The fourth-order valence-electron chi connectivity index (χ4n) is 3.04. The first-order valence-electron chi connectivity index (χ1n) is 9.82. The highest BCUT2D eigenvalue weighted by Crippen LogP contribution is 2.34. The first kappa shape index (κ1) is 22.1. The van der Waals surface area contributed by atoms with Gasteiger partial charge in [-0.2, -0.15) is 18.2 Å². The SMILES string of the molecule is Cc1cc(-c2cc(C(=O)NCc3nc(C(F)(F)F)no3)cnc2OC2CCC2)ccc1Cl. The Morgan fingerprint density at radius 1 is 1.31 bits per heavy atom. The fourth-order valence-corrected chi connectivity index (χ4v) is 3.15. The molecular formula is C21H18ClF3N4O3. The molecule has 4 rings (SSSR count). The van der Waals surface area contributed by atoms with Crippen LogP contribution in [0.5, 0.6) is 5.88 Å². The van der Waals surface area contributed by atoms with Gasteiger partial charge in [0, 0.05) is 16.8 Å². The molecule has 0 bridgehead atoms. The van der Waals surface area contributed by atoms with Crippen LogP contribution in [0.4, 0.5) is 13.2 Å². The summed E-state index contributed by atoms with van der Waals surface area (Å²) in [5, 5.41) is 5.92. The molecule has 3 aromatic rings. The van der Waals surface area contributed by atoms with Crippen molar-refractivity contribution in [3.05, 3.63) is 58.3 Å². The monoisotopic (exact) mass is 466 g/mol. The molecule has 2 aromatic heterocycles. The van der Waals surface area contributed by atoms with Gasteiger partial charge in [-0.15, -0.1) is 0 Å². The summed E-state index contributed by atoms with van der Waals surface area (Å²) < 4.78 is 48.3. The molecule has 32 heavy (non-hydrogen) atoms. The Hall–Kier alpha value is -3.14. The van der Waals surface area contributed by atoms with Crippen LogP contribution < -0.4 is 10.1 Å². The van der Waals surface area contributed by atoms with Gasteiger partial charge in [0.2, 0.25) is 11.8 Å². The number of aryl methyl sites for hydroxylation is 1. The highest BCUT2D eigenvalue weighted by molar-refractivity contribution is 6.31. The highest BCUT2D eigenvalue weighted by atomic mass is 35.5. The van der Waals surface area contributed by atoms with Crippen LogP contribution in [0.25, 0.3) is 11.1 Å². The molecule has 2 heterocycles. The number of amides is 1. The average Bonchev–Trinajstić information content (AvgIpc) is 3.21. The molecule has 1 aromatic carbocycles. The minimum atomic E-state index is -4.72. The van der Waals surface area contributed by atoms with Gasteiger partial charge < -0.3 is 14.6 Å². The first-order chi connectivity index (χ1) is 15.2. The summed E-state index contributed by atoms with van der Waals surface area (Å²) in [5.74, 6) is -1.93. The molecule has 0 radical (unpaired) electrons. The van der Waals surface area contributed by atoms with E-state index in [0.29, 0.717) is 16.5 Å². The zero-order chi connectivity index (χ0) is 22.9. The van der Waals surface area contributed by atoms with E-state index in [9.17, 15) is 18.0 Å². The van der Waals surface area contributed by atoms with E-state index in [-0.39, 0.29) is 24.1 Å². The normalized spacial score (nSPS) is 14.2. The van der Waals surface area contributed by atoms with Crippen molar-refractivity contribution in [1.29, 1.82) is 0 Å². The van der Waals surface area contributed by atoms with Crippen LogP contribution in [0, 0.1) is 6.92 Å². The van der Waals surface area contributed by atoms with Gasteiger partial charge in [0.1, 0.15) is 6.10 Å². The number of pyridine rings is 1. The van der Waals surface area contributed by atoms with Crippen LogP contribution in [0.1, 0.15) is 46.9 Å². The van der Waals surface area contributed by atoms with Crippen molar-refractivity contribution >= 4 is 17.5 Å². The first-order valence-corrected chi connectivity index (χ1v) is 10.2. The smallest absolute Gasteiger partial charge is 0.455 e. The van der Waals surface area contributed by atoms with E-state index >= 15 is 0 Å². The van der Waals surface area contributed by atoms with Crippen LogP contribution in [0.3, 0.4) is 0 Å². The summed E-state index contributed by atoms with van der Waals surface area (Å²) in [4.78, 5) is 20.2. The number of hydrogen-bond donors (Lipinski definition) is 1. The standard InChI is InChI=1S/C21H18ClF3N4O3/c1-11-7-12(5-6-16(11)22)15-8-13(9-27-19(15)31-14-3-2-4-14)18(30)26-10-17-28-20(29-32-17)21(23,24)25/h5-9,14H,2-4,10H2,1H3,(H,26,30). The number of carbonyl (C=O) groups is 1. The maximum atomic E-state index is 12.6. The Morgan fingerprint density at radius 3 is 2.72 bits per heavy atom. The molecule has 0 spiro atoms. The molecule has 1 aliphatic rings. The Kier molecular flexibility index (Phi) is 6.05. The van der Waals surface area contributed by atoms with E-state index in [1.54, 1.807) is 18.2 Å². The largest absolute Gasteiger partial charge is 0.474 e. The predicted molar refractivity (Wildman–Crippen MR) is 108 cm³/mol. The number of nitrogens with one attached hydrogen (secondary N) is 1. The quantitative estimate of drug-likeness (QED) is 0.551. The van der Waals surface area contributed by atoms with Gasteiger partial charge in [0.05, 0.1) is 12.1 Å². The lowest BCUT2D eigenvalue weighted by Gasteiger charge is -2.27. The van der Waals surface area contributed by atoms with Crippen molar-refractivity contribution in [2.45, 2.75) is 45.0 Å². The zero-order valence-corrected chi connectivity index (χ0v) is 17.6. The van der Waals surface area contributed by atoms with Gasteiger partial charge >= 0.3 is 6.18 Å². The van der Waals surface area contributed by atoms with Gasteiger partial charge in [-0.1, -0.05) is 22.8 Å².